The molecule has 0 radical (unpaired) electrons. The molecule has 0 atom stereocenters. The third-order valence-electron chi connectivity index (χ3n) is 2.68. The highest BCUT2D eigenvalue weighted by molar-refractivity contribution is 5.99. The molecule has 1 rings (SSSR count). The third kappa shape index (κ3) is 3.03. The van der Waals surface area contributed by atoms with E-state index in [1.54, 1.807) is 24.9 Å². The lowest BCUT2D eigenvalue weighted by Crippen LogP contribution is -2.36. The van der Waals surface area contributed by atoms with Crippen molar-refractivity contribution in [2.24, 2.45) is 0 Å². The lowest BCUT2D eigenvalue weighted by atomic mass is 10.3. The first-order valence-corrected chi connectivity index (χ1v) is 5.68. The summed E-state index contributed by atoms with van der Waals surface area (Å²) in [6.45, 7) is 5.61. The van der Waals surface area contributed by atoms with Crippen LogP contribution < -0.4 is 5.32 Å². The van der Waals surface area contributed by atoms with Gasteiger partial charge in [0.15, 0.2) is 0 Å². The summed E-state index contributed by atoms with van der Waals surface area (Å²) in [4.78, 5) is 27.8. The number of ether oxygens (including phenoxy) is 1. The second-order valence-electron chi connectivity index (χ2n) is 4.37. The Hall–Kier alpha value is -1.98. The van der Waals surface area contributed by atoms with Crippen LogP contribution in [0.15, 0.2) is 6.07 Å². The molecular weight excluding hydrogens is 234 g/mol. The molecule has 1 heterocycles. The van der Waals surface area contributed by atoms with E-state index in [1.165, 1.54) is 7.11 Å². The number of anilines is 1. The zero-order chi connectivity index (χ0) is 13.9. The minimum atomic E-state index is -0.509. The summed E-state index contributed by atoms with van der Waals surface area (Å²) in [6, 6.07) is 1.50. The summed E-state index contributed by atoms with van der Waals surface area (Å²) in [7, 11) is 2.99. The largest absolute Gasteiger partial charge is 0.464 e. The molecule has 18 heavy (non-hydrogen) atoms. The van der Waals surface area contributed by atoms with Gasteiger partial charge >= 0.3 is 12.0 Å². The van der Waals surface area contributed by atoms with Gasteiger partial charge in [-0.15, -0.1) is 0 Å². The van der Waals surface area contributed by atoms with Gasteiger partial charge in [0.2, 0.25) is 0 Å². The van der Waals surface area contributed by atoms with Crippen LogP contribution in [0.1, 0.15) is 30.0 Å². The van der Waals surface area contributed by atoms with E-state index in [0.29, 0.717) is 5.69 Å². The van der Waals surface area contributed by atoms with Crippen molar-refractivity contribution >= 4 is 17.7 Å². The van der Waals surface area contributed by atoms with Crippen LogP contribution >= 0.6 is 0 Å². The Kier molecular flexibility index (Phi) is 4.36. The first kappa shape index (κ1) is 14.1. The summed E-state index contributed by atoms with van der Waals surface area (Å²) in [6.07, 6.45) is 0. The number of nitrogens with one attached hydrogen (secondary N) is 2. The second kappa shape index (κ2) is 5.57. The fourth-order valence-corrected chi connectivity index (χ4v) is 1.39. The van der Waals surface area contributed by atoms with Crippen molar-refractivity contribution < 1.29 is 14.3 Å². The van der Waals surface area contributed by atoms with E-state index in [1.807, 2.05) is 13.8 Å². The van der Waals surface area contributed by atoms with Gasteiger partial charge in [-0.05, 0) is 26.8 Å². The average molecular weight is 253 g/mol. The molecule has 0 aliphatic rings. The molecule has 1 aromatic heterocycles. The number of aromatic amines is 1. The molecule has 0 fully saturated rings. The van der Waals surface area contributed by atoms with Gasteiger partial charge in [-0.25, -0.2) is 9.59 Å². The Balaban J connectivity index is 2.91. The van der Waals surface area contributed by atoms with Gasteiger partial charge in [0.05, 0.1) is 12.8 Å². The predicted molar refractivity (Wildman–Crippen MR) is 68.8 cm³/mol. The van der Waals surface area contributed by atoms with Crippen LogP contribution in [0.5, 0.6) is 0 Å². The highest BCUT2D eigenvalue weighted by Crippen LogP contribution is 2.18. The summed E-state index contributed by atoms with van der Waals surface area (Å²) < 4.78 is 4.64. The van der Waals surface area contributed by atoms with Crippen LogP contribution in [0.3, 0.4) is 0 Å². The number of nitrogens with zero attached hydrogens (tertiary/aromatic N) is 1. The smallest absolute Gasteiger partial charge is 0.356 e. The molecular formula is C12H19N3O3. The Labute approximate surface area is 106 Å². The summed E-state index contributed by atoms with van der Waals surface area (Å²) in [5.74, 6) is -0.509. The van der Waals surface area contributed by atoms with Gasteiger partial charge in [-0.1, -0.05) is 0 Å². The van der Waals surface area contributed by atoms with Crippen LogP contribution in [0.25, 0.3) is 0 Å². The Morgan fingerprint density at radius 2 is 2.06 bits per heavy atom. The number of hydrogen-bond donors (Lipinski definition) is 2. The molecule has 0 saturated carbocycles. The maximum absolute atomic E-state index is 11.9. The number of H-pyrrole nitrogens is 1. The van der Waals surface area contributed by atoms with Crippen LogP contribution in [-0.4, -0.2) is 42.1 Å². The summed E-state index contributed by atoms with van der Waals surface area (Å²) in [5.41, 5.74) is 1.45. The number of rotatable bonds is 3. The molecule has 2 amide bonds. The molecule has 1 aromatic rings. The molecule has 0 saturated heterocycles. The first-order valence-electron chi connectivity index (χ1n) is 5.68. The normalized spacial score (nSPS) is 10.3. The number of carbonyl (C=O) groups excluding carboxylic acids is 2. The Bertz CT molecular complexity index is 451. The average Bonchev–Trinajstić information content (AvgIpc) is 2.67. The second-order valence-corrected chi connectivity index (χ2v) is 4.37. The highest BCUT2D eigenvalue weighted by Gasteiger charge is 2.19. The molecule has 0 aromatic carbocycles. The molecule has 100 valence electrons. The SMILES string of the molecule is COC(=O)c1[nH]c(C)cc1NC(=O)N(C)C(C)C. The molecule has 2 N–H and O–H groups in total. The predicted octanol–water partition coefficient (Wildman–Crippen LogP) is 1.98. The van der Waals surface area contributed by atoms with E-state index in [0.717, 1.165) is 5.69 Å². The quantitative estimate of drug-likeness (QED) is 0.809. The molecule has 0 spiro atoms. The van der Waals surface area contributed by atoms with E-state index < -0.39 is 5.97 Å². The molecule has 0 bridgehead atoms. The molecule has 0 unspecified atom stereocenters. The monoisotopic (exact) mass is 253 g/mol. The fraction of sp³-hybridized carbons (Fsp3) is 0.500. The van der Waals surface area contributed by atoms with E-state index in [2.05, 4.69) is 15.0 Å². The zero-order valence-electron chi connectivity index (χ0n) is 11.3. The topological polar surface area (TPSA) is 74.4 Å². The lowest BCUT2D eigenvalue weighted by molar-refractivity contribution is 0.0596. The van der Waals surface area contributed by atoms with E-state index in [4.69, 9.17) is 0 Å². The van der Waals surface area contributed by atoms with E-state index in [9.17, 15) is 9.59 Å². The van der Waals surface area contributed by atoms with E-state index in [-0.39, 0.29) is 17.8 Å². The zero-order valence-corrected chi connectivity index (χ0v) is 11.3. The fourth-order valence-electron chi connectivity index (χ4n) is 1.39. The molecule has 6 heteroatoms. The van der Waals surface area contributed by atoms with Crippen molar-refractivity contribution in [3.05, 3.63) is 17.5 Å². The Morgan fingerprint density at radius 3 is 2.56 bits per heavy atom. The number of methoxy groups -OCH3 is 1. The van der Waals surface area contributed by atoms with Crippen molar-refractivity contribution in [3.63, 3.8) is 0 Å². The third-order valence-corrected chi connectivity index (χ3v) is 2.68. The van der Waals surface area contributed by atoms with Crippen molar-refractivity contribution in [1.82, 2.24) is 9.88 Å². The van der Waals surface area contributed by atoms with Crippen LogP contribution in [0.2, 0.25) is 0 Å². The molecule has 0 aliphatic carbocycles. The van der Waals surface area contributed by atoms with Gasteiger partial charge in [0.1, 0.15) is 5.69 Å². The minimum Gasteiger partial charge on any atom is -0.464 e. The van der Waals surface area contributed by atoms with Crippen LogP contribution in [-0.2, 0) is 4.74 Å². The summed E-state index contributed by atoms with van der Waals surface area (Å²) in [5, 5.41) is 2.68. The number of hydrogen-bond acceptors (Lipinski definition) is 3. The summed E-state index contributed by atoms with van der Waals surface area (Å²) >= 11 is 0. The maximum Gasteiger partial charge on any atom is 0.356 e. The number of aryl methyl sites for hydroxylation is 1. The standard InChI is InChI=1S/C12H19N3O3/c1-7(2)15(4)12(17)14-9-6-8(3)13-10(9)11(16)18-5/h6-7,13H,1-5H3,(H,14,17). The maximum atomic E-state index is 11.9. The highest BCUT2D eigenvalue weighted by atomic mass is 16.5. The van der Waals surface area contributed by atoms with Crippen molar-refractivity contribution in [2.75, 3.05) is 19.5 Å². The Morgan fingerprint density at radius 1 is 1.44 bits per heavy atom. The van der Waals surface area contributed by atoms with Gasteiger partial charge < -0.3 is 19.9 Å². The molecule has 6 nitrogen and oxygen atoms in total. The van der Waals surface area contributed by atoms with Crippen LogP contribution in [0, 0.1) is 6.92 Å². The van der Waals surface area contributed by atoms with Crippen LogP contribution in [0.4, 0.5) is 10.5 Å². The van der Waals surface area contributed by atoms with Crippen molar-refractivity contribution in [3.8, 4) is 0 Å². The number of carbonyl (C=O) groups is 2. The van der Waals surface area contributed by atoms with Gasteiger partial charge in [0, 0.05) is 18.8 Å². The number of esters is 1. The van der Waals surface area contributed by atoms with Gasteiger partial charge in [-0.3, -0.25) is 0 Å². The van der Waals surface area contributed by atoms with Gasteiger partial charge in [0.25, 0.3) is 0 Å². The first-order chi connectivity index (χ1) is 8.36. The van der Waals surface area contributed by atoms with E-state index >= 15 is 0 Å². The number of amides is 2. The number of aromatic nitrogens is 1. The lowest BCUT2D eigenvalue weighted by Gasteiger charge is -2.21. The number of urea groups is 1. The molecule has 0 aliphatic heterocycles. The minimum absolute atomic E-state index is 0.0756. The van der Waals surface area contributed by atoms with Crippen molar-refractivity contribution in [1.29, 1.82) is 0 Å². The van der Waals surface area contributed by atoms with Crippen molar-refractivity contribution in [2.45, 2.75) is 26.8 Å². The van der Waals surface area contributed by atoms with Gasteiger partial charge in [-0.2, -0.15) is 0 Å².